The normalized spacial score (nSPS) is 20.7. The van der Waals surface area contributed by atoms with Crippen LogP contribution in [0.4, 0.5) is 0 Å². The number of hydrogen-bond donors (Lipinski definition) is 2. The summed E-state index contributed by atoms with van der Waals surface area (Å²) in [5.74, 6) is -1.81. The van der Waals surface area contributed by atoms with Gasteiger partial charge < -0.3 is 5.11 Å². The minimum absolute atomic E-state index is 0.0232. The van der Waals surface area contributed by atoms with E-state index in [2.05, 4.69) is 15.5 Å². The van der Waals surface area contributed by atoms with Crippen molar-refractivity contribution < 1.29 is 24.7 Å². The predicted octanol–water partition coefficient (Wildman–Crippen LogP) is 0.447. The minimum atomic E-state index is -1.23. The number of fused-ring (bicyclic) bond motifs is 1. The summed E-state index contributed by atoms with van der Waals surface area (Å²) in [6.07, 6.45) is -0.0232. The van der Waals surface area contributed by atoms with E-state index in [0.29, 0.717) is 27.3 Å². The summed E-state index contributed by atoms with van der Waals surface area (Å²) in [5.41, 5.74) is 0.444. The molecule has 2 aromatic heterocycles. The third kappa shape index (κ3) is 3.71. The lowest BCUT2D eigenvalue weighted by atomic mass is 10.0. The maximum Gasteiger partial charge on any atom is 0.352 e. The number of carbonyl (C=O) groups is 3. The van der Waals surface area contributed by atoms with Crippen LogP contribution < -0.4 is 0 Å². The van der Waals surface area contributed by atoms with Gasteiger partial charge in [0.1, 0.15) is 11.1 Å². The Morgan fingerprint density at radius 1 is 1.43 bits per heavy atom. The molecule has 0 saturated carbocycles. The van der Waals surface area contributed by atoms with Crippen LogP contribution in [-0.4, -0.2) is 81.2 Å². The Morgan fingerprint density at radius 3 is 2.87 bits per heavy atom. The van der Waals surface area contributed by atoms with Crippen molar-refractivity contribution >= 4 is 52.6 Å². The van der Waals surface area contributed by atoms with Crippen LogP contribution in [0.1, 0.15) is 4.88 Å². The molecule has 2 aliphatic heterocycles. The Hall–Kier alpha value is -2.42. The molecule has 0 aliphatic carbocycles. The Bertz CT molecular complexity index is 1020. The summed E-state index contributed by atoms with van der Waals surface area (Å²) in [6.45, 7) is 0. The molecule has 0 bridgehead atoms. The number of rotatable bonds is 7. The number of aromatic nitrogens is 4. The molecule has 0 radical (unpaired) electrons. The number of hydroxylamine groups is 2. The first-order valence-corrected chi connectivity index (χ1v) is 11.6. The Kier molecular flexibility index (Phi) is 5.81. The number of hydrogen-bond acceptors (Lipinski definition) is 10. The van der Waals surface area contributed by atoms with Gasteiger partial charge >= 0.3 is 5.97 Å². The fourth-order valence-electron chi connectivity index (χ4n) is 3.16. The van der Waals surface area contributed by atoms with Gasteiger partial charge in [-0.25, -0.2) is 14.5 Å². The molecule has 14 heteroatoms. The number of β-lactam (4-membered cyclic amide) rings is 1. The second-order valence-electron chi connectivity index (χ2n) is 6.48. The minimum Gasteiger partial charge on any atom is -0.477 e. The number of amides is 2. The van der Waals surface area contributed by atoms with Gasteiger partial charge in [-0.3, -0.25) is 19.7 Å². The summed E-state index contributed by atoms with van der Waals surface area (Å²) >= 11 is 3.95. The van der Waals surface area contributed by atoms with Crippen molar-refractivity contribution in [1.82, 2.24) is 30.2 Å². The molecule has 2 aromatic rings. The Labute approximate surface area is 182 Å². The van der Waals surface area contributed by atoms with Gasteiger partial charge in [0, 0.05) is 23.4 Å². The molecule has 2 aliphatic rings. The van der Waals surface area contributed by atoms with E-state index in [1.807, 2.05) is 5.38 Å². The van der Waals surface area contributed by atoms with Crippen molar-refractivity contribution in [2.45, 2.75) is 23.0 Å². The van der Waals surface area contributed by atoms with Crippen molar-refractivity contribution in [3.8, 4) is 0 Å². The zero-order chi connectivity index (χ0) is 21.4. The summed E-state index contributed by atoms with van der Waals surface area (Å²) in [5, 5.41) is 33.3. The molecule has 1 unspecified atom stereocenters. The van der Waals surface area contributed by atoms with E-state index in [1.165, 1.54) is 39.5 Å². The third-order valence-corrected chi connectivity index (χ3v) is 7.90. The lowest BCUT2D eigenvalue weighted by molar-refractivity contribution is -0.197. The molecule has 1 fully saturated rings. The fourth-order valence-corrected chi connectivity index (χ4v) is 6.23. The maximum atomic E-state index is 12.7. The van der Waals surface area contributed by atoms with Gasteiger partial charge in [0.05, 0.1) is 6.42 Å². The van der Waals surface area contributed by atoms with Crippen LogP contribution in [0.5, 0.6) is 0 Å². The number of tetrazole rings is 1. The summed E-state index contributed by atoms with van der Waals surface area (Å²) < 4.78 is 1.47. The van der Waals surface area contributed by atoms with Gasteiger partial charge in [0.2, 0.25) is 5.16 Å². The van der Waals surface area contributed by atoms with Crippen molar-refractivity contribution in [1.29, 1.82) is 0 Å². The molecule has 2 amide bonds. The number of aliphatic carboxylic acids is 1. The fraction of sp³-hybridized carbons (Fsp3) is 0.375. The molecule has 0 aromatic carbocycles. The van der Waals surface area contributed by atoms with Crippen LogP contribution >= 0.6 is 34.9 Å². The van der Waals surface area contributed by atoms with E-state index < -0.39 is 29.2 Å². The standard InChI is InChI=1S/C16H16N6O5S3/c1-20-16(17-18-19-20)30-7-8-6-29-14-12(13(24)21(14)11(8)15(25)26)22(27)10(23)5-9-3-2-4-28-9/h2-4,12,14,27H,5-7H2,1H3,(H,25,26)/t12?,14-/m0/s1. The first-order chi connectivity index (χ1) is 14.4. The second-order valence-corrected chi connectivity index (χ2v) is 9.56. The van der Waals surface area contributed by atoms with Crippen LogP contribution in [0, 0.1) is 0 Å². The average Bonchev–Trinajstić information content (AvgIpc) is 3.37. The maximum absolute atomic E-state index is 12.7. The largest absolute Gasteiger partial charge is 0.477 e. The highest BCUT2D eigenvalue weighted by atomic mass is 32.2. The van der Waals surface area contributed by atoms with Gasteiger partial charge in [0.15, 0.2) is 6.04 Å². The molecule has 4 heterocycles. The van der Waals surface area contributed by atoms with Crippen molar-refractivity contribution in [3.05, 3.63) is 33.7 Å². The Balaban J connectivity index is 1.49. The zero-order valence-corrected chi connectivity index (χ0v) is 18.0. The first kappa shape index (κ1) is 20.8. The van der Waals surface area contributed by atoms with Gasteiger partial charge in [0.25, 0.3) is 11.8 Å². The molecule has 2 N–H and O–H groups in total. The molecular weight excluding hydrogens is 452 g/mol. The second kappa shape index (κ2) is 8.37. The SMILES string of the molecule is Cn1nnnc1SCC1=C(C(=O)O)N2C(=O)C(N(O)C(=O)Cc3cccs3)[C@@H]2SC1. The zero-order valence-electron chi connectivity index (χ0n) is 15.5. The summed E-state index contributed by atoms with van der Waals surface area (Å²) in [7, 11) is 1.67. The number of carboxylic acids is 1. The number of carbonyl (C=O) groups excluding carboxylic acids is 2. The van der Waals surface area contributed by atoms with Crippen LogP contribution in [0.2, 0.25) is 0 Å². The number of thiophene rings is 1. The van der Waals surface area contributed by atoms with Gasteiger partial charge in [-0.1, -0.05) is 17.8 Å². The number of nitrogens with zero attached hydrogens (tertiary/aromatic N) is 6. The Morgan fingerprint density at radius 2 is 2.23 bits per heavy atom. The van der Waals surface area contributed by atoms with Gasteiger partial charge in [-0.05, 0) is 27.4 Å². The lowest BCUT2D eigenvalue weighted by Gasteiger charge is -2.51. The molecule has 0 spiro atoms. The topological polar surface area (TPSA) is 142 Å². The molecule has 2 atom stereocenters. The van der Waals surface area contributed by atoms with E-state index in [1.54, 1.807) is 19.2 Å². The van der Waals surface area contributed by atoms with E-state index in [-0.39, 0.29) is 12.1 Å². The molecule has 4 rings (SSSR count). The quantitative estimate of drug-likeness (QED) is 0.254. The van der Waals surface area contributed by atoms with Crippen molar-refractivity contribution in [2.75, 3.05) is 11.5 Å². The highest BCUT2D eigenvalue weighted by molar-refractivity contribution is 8.01. The third-order valence-electron chi connectivity index (χ3n) is 4.60. The number of aryl methyl sites for hydroxylation is 1. The van der Waals surface area contributed by atoms with Gasteiger partial charge in [-0.2, -0.15) is 0 Å². The van der Waals surface area contributed by atoms with Crippen LogP contribution in [-0.2, 0) is 27.9 Å². The first-order valence-electron chi connectivity index (χ1n) is 8.67. The van der Waals surface area contributed by atoms with Crippen molar-refractivity contribution in [3.63, 3.8) is 0 Å². The number of carboxylic acid groups (broad SMARTS) is 1. The molecule has 158 valence electrons. The van der Waals surface area contributed by atoms with Crippen molar-refractivity contribution in [2.24, 2.45) is 7.05 Å². The van der Waals surface area contributed by atoms with Gasteiger partial charge in [-0.15, -0.1) is 28.2 Å². The van der Waals surface area contributed by atoms with E-state index in [0.717, 1.165) is 9.78 Å². The average molecular weight is 469 g/mol. The van der Waals surface area contributed by atoms with E-state index in [4.69, 9.17) is 0 Å². The summed E-state index contributed by atoms with van der Waals surface area (Å²) in [4.78, 5) is 38.9. The number of thioether (sulfide) groups is 2. The molecule has 11 nitrogen and oxygen atoms in total. The summed E-state index contributed by atoms with van der Waals surface area (Å²) in [6, 6.07) is 2.46. The predicted molar refractivity (Wildman–Crippen MR) is 108 cm³/mol. The van der Waals surface area contributed by atoms with Crippen LogP contribution in [0.3, 0.4) is 0 Å². The van der Waals surface area contributed by atoms with Crippen LogP contribution in [0.15, 0.2) is 33.9 Å². The monoisotopic (exact) mass is 468 g/mol. The van der Waals surface area contributed by atoms with E-state index in [9.17, 15) is 24.7 Å². The highest BCUT2D eigenvalue weighted by Gasteiger charge is 2.57. The molecule has 30 heavy (non-hydrogen) atoms. The molecule has 1 saturated heterocycles. The smallest absolute Gasteiger partial charge is 0.352 e. The molecular formula is C16H16N6O5S3. The highest BCUT2D eigenvalue weighted by Crippen LogP contribution is 2.43. The van der Waals surface area contributed by atoms with E-state index >= 15 is 0 Å². The van der Waals surface area contributed by atoms with Crippen LogP contribution in [0.25, 0.3) is 0 Å². The lowest BCUT2D eigenvalue weighted by Crippen LogP contribution is -2.71.